The summed E-state index contributed by atoms with van der Waals surface area (Å²) in [5.74, 6) is 0.00812. The number of aromatic nitrogens is 1. The van der Waals surface area contributed by atoms with Crippen LogP contribution in [0.1, 0.15) is 33.6 Å². The van der Waals surface area contributed by atoms with Crippen molar-refractivity contribution >= 4 is 17.3 Å². The van der Waals surface area contributed by atoms with E-state index in [9.17, 15) is 4.79 Å². The highest BCUT2D eigenvalue weighted by Gasteiger charge is 2.11. The molecule has 1 aromatic heterocycles. The highest BCUT2D eigenvalue weighted by Crippen LogP contribution is 2.13. The van der Waals surface area contributed by atoms with E-state index in [4.69, 9.17) is 0 Å². The van der Waals surface area contributed by atoms with E-state index < -0.39 is 0 Å². The number of carbonyl (C=O) groups is 1. The van der Waals surface area contributed by atoms with Crippen molar-refractivity contribution in [1.82, 2.24) is 10.3 Å². The Morgan fingerprint density at radius 2 is 1.89 bits per heavy atom. The second kappa shape index (κ2) is 8.34. The number of anilines is 2. The number of hydrogen-bond donors (Lipinski definition) is 3. The fourth-order valence-corrected chi connectivity index (χ4v) is 1.60. The van der Waals surface area contributed by atoms with Gasteiger partial charge >= 0.3 is 0 Å². The van der Waals surface area contributed by atoms with Gasteiger partial charge in [0.15, 0.2) is 0 Å². The molecule has 0 fully saturated rings. The van der Waals surface area contributed by atoms with E-state index >= 15 is 0 Å². The van der Waals surface area contributed by atoms with E-state index in [2.05, 4.69) is 27.9 Å². The van der Waals surface area contributed by atoms with Gasteiger partial charge in [0, 0.05) is 13.1 Å². The molecule has 0 aliphatic rings. The van der Waals surface area contributed by atoms with E-state index in [1.165, 1.54) is 0 Å². The van der Waals surface area contributed by atoms with Crippen molar-refractivity contribution in [3.8, 4) is 0 Å². The number of pyridine rings is 1. The van der Waals surface area contributed by atoms with E-state index in [1.54, 1.807) is 12.4 Å². The van der Waals surface area contributed by atoms with Crippen LogP contribution in [0.3, 0.4) is 0 Å². The molecule has 106 valence electrons. The molecule has 0 bridgehead atoms. The van der Waals surface area contributed by atoms with Gasteiger partial charge in [-0.3, -0.25) is 9.78 Å². The van der Waals surface area contributed by atoms with Gasteiger partial charge in [-0.15, -0.1) is 0 Å². The minimum absolute atomic E-state index is 0.00812. The zero-order valence-electron chi connectivity index (χ0n) is 12.0. The van der Waals surface area contributed by atoms with Crippen molar-refractivity contribution in [2.24, 2.45) is 0 Å². The Hall–Kier alpha value is -1.78. The van der Waals surface area contributed by atoms with E-state index in [-0.39, 0.29) is 11.9 Å². The Kier molecular flexibility index (Phi) is 6.71. The maximum absolute atomic E-state index is 11.8. The molecule has 1 amide bonds. The summed E-state index contributed by atoms with van der Waals surface area (Å²) in [6.07, 6.45) is 5.51. The van der Waals surface area contributed by atoms with Crippen LogP contribution in [0.2, 0.25) is 0 Å². The van der Waals surface area contributed by atoms with Gasteiger partial charge < -0.3 is 16.0 Å². The number of carbonyl (C=O) groups excluding carboxylic acids is 1. The van der Waals surface area contributed by atoms with Gasteiger partial charge in [-0.1, -0.05) is 13.8 Å². The largest absolute Gasteiger partial charge is 0.384 e. The zero-order chi connectivity index (χ0) is 14.1. The molecule has 0 saturated carbocycles. The van der Waals surface area contributed by atoms with Crippen LogP contribution in [0.5, 0.6) is 0 Å². The molecule has 5 nitrogen and oxygen atoms in total. The first-order valence-corrected chi connectivity index (χ1v) is 6.90. The molecular formula is C14H24N4O. The average Bonchev–Trinajstić information content (AvgIpc) is 2.42. The van der Waals surface area contributed by atoms with Crippen molar-refractivity contribution in [3.63, 3.8) is 0 Å². The lowest BCUT2D eigenvalue weighted by Crippen LogP contribution is -2.37. The second-order valence-corrected chi connectivity index (χ2v) is 4.55. The third kappa shape index (κ3) is 5.59. The second-order valence-electron chi connectivity index (χ2n) is 4.55. The third-order valence-electron chi connectivity index (χ3n) is 2.64. The molecule has 1 unspecified atom stereocenters. The summed E-state index contributed by atoms with van der Waals surface area (Å²) in [5, 5.41) is 9.29. The van der Waals surface area contributed by atoms with Crippen LogP contribution in [-0.2, 0) is 4.79 Å². The Bertz CT molecular complexity index is 395. The van der Waals surface area contributed by atoms with E-state index in [0.29, 0.717) is 6.54 Å². The van der Waals surface area contributed by atoms with Gasteiger partial charge in [-0.25, -0.2) is 0 Å². The van der Waals surface area contributed by atoms with Crippen LogP contribution in [-0.4, -0.2) is 30.0 Å². The van der Waals surface area contributed by atoms with Gasteiger partial charge in [0.2, 0.25) is 5.91 Å². The van der Waals surface area contributed by atoms with E-state index in [0.717, 1.165) is 30.8 Å². The van der Waals surface area contributed by atoms with Crippen LogP contribution in [0, 0.1) is 0 Å². The maximum atomic E-state index is 11.8. The zero-order valence-corrected chi connectivity index (χ0v) is 12.0. The SMILES string of the molecule is CCCNC(=O)C(C)Nc1cncc(NCCC)c1. The van der Waals surface area contributed by atoms with Crippen molar-refractivity contribution in [3.05, 3.63) is 18.5 Å². The molecule has 0 aliphatic heterocycles. The van der Waals surface area contributed by atoms with Crippen molar-refractivity contribution < 1.29 is 4.79 Å². The molecule has 0 radical (unpaired) electrons. The smallest absolute Gasteiger partial charge is 0.242 e. The summed E-state index contributed by atoms with van der Waals surface area (Å²) in [4.78, 5) is 15.9. The summed E-state index contributed by atoms with van der Waals surface area (Å²) in [5.41, 5.74) is 1.81. The topological polar surface area (TPSA) is 66.0 Å². The van der Waals surface area contributed by atoms with Crippen LogP contribution in [0.15, 0.2) is 18.5 Å². The molecule has 5 heteroatoms. The van der Waals surface area contributed by atoms with Gasteiger partial charge in [-0.2, -0.15) is 0 Å². The van der Waals surface area contributed by atoms with Crippen molar-refractivity contribution in [2.45, 2.75) is 39.7 Å². The minimum Gasteiger partial charge on any atom is -0.384 e. The molecule has 1 heterocycles. The molecule has 0 aromatic carbocycles. The quantitative estimate of drug-likeness (QED) is 0.673. The Morgan fingerprint density at radius 1 is 1.21 bits per heavy atom. The molecule has 19 heavy (non-hydrogen) atoms. The highest BCUT2D eigenvalue weighted by molar-refractivity contribution is 5.84. The minimum atomic E-state index is -0.269. The molecular weight excluding hydrogens is 240 g/mol. The molecule has 1 rings (SSSR count). The molecule has 0 aliphatic carbocycles. The fourth-order valence-electron chi connectivity index (χ4n) is 1.60. The Morgan fingerprint density at radius 3 is 2.58 bits per heavy atom. The highest BCUT2D eigenvalue weighted by atomic mass is 16.2. The Labute approximate surface area is 115 Å². The molecule has 3 N–H and O–H groups in total. The summed E-state index contributed by atoms with van der Waals surface area (Å²) < 4.78 is 0. The fraction of sp³-hybridized carbons (Fsp3) is 0.571. The van der Waals surface area contributed by atoms with Gasteiger partial charge in [0.25, 0.3) is 0 Å². The summed E-state index contributed by atoms with van der Waals surface area (Å²) in [6.45, 7) is 7.61. The first-order valence-electron chi connectivity index (χ1n) is 6.90. The van der Waals surface area contributed by atoms with Gasteiger partial charge in [-0.05, 0) is 25.8 Å². The summed E-state index contributed by atoms with van der Waals surface area (Å²) in [6, 6.07) is 1.70. The molecule has 1 atom stereocenters. The number of nitrogens with one attached hydrogen (secondary N) is 3. The first kappa shape index (κ1) is 15.3. The van der Waals surface area contributed by atoms with Crippen LogP contribution >= 0.6 is 0 Å². The number of amides is 1. The van der Waals surface area contributed by atoms with E-state index in [1.807, 2.05) is 19.9 Å². The standard InChI is InChI=1S/C14H24N4O/c1-4-6-16-12-8-13(10-15-9-12)18-11(3)14(19)17-7-5-2/h8-11,16,18H,4-7H2,1-3H3,(H,17,19). The monoisotopic (exact) mass is 264 g/mol. The molecule has 1 aromatic rings. The number of nitrogens with zero attached hydrogens (tertiary/aromatic N) is 1. The summed E-state index contributed by atoms with van der Waals surface area (Å²) in [7, 11) is 0. The molecule has 0 spiro atoms. The lowest BCUT2D eigenvalue weighted by Gasteiger charge is -2.15. The normalized spacial score (nSPS) is 11.7. The Balaban J connectivity index is 2.53. The van der Waals surface area contributed by atoms with Crippen LogP contribution in [0.4, 0.5) is 11.4 Å². The van der Waals surface area contributed by atoms with Crippen LogP contribution in [0.25, 0.3) is 0 Å². The predicted octanol–water partition coefficient (Wildman–Crippen LogP) is 2.23. The molecule has 0 saturated heterocycles. The predicted molar refractivity (Wildman–Crippen MR) is 79.4 cm³/mol. The van der Waals surface area contributed by atoms with Gasteiger partial charge in [0.1, 0.15) is 6.04 Å². The van der Waals surface area contributed by atoms with Gasteiger partial charge in [0.05, 0.1) is 23.8 Å². The number of rotatable bonds is 8. The lowest BCUT2D eigenvalue weighted by molar-refractivity contribution is -0.121. The third-order valence-corrected chi connectivity index (χ3v) is 2.64. The summed E-state index contributed by atoms with van der Waals surface area (Å²) >= 11 is 0. The number of hydrogen-bond acceptors (Lipinski definition) is 4. The maximum Gasteiger partial charge on any atom is 0.242 e. The average molecular weight is 264 g/mol. The van der Waals surface area contributed by atoms with Crippen LogP contribution < -0.4 is 16.0 Å². The first-order chi connectivity index (χ1) is 9.17. The lowest BCUT2D eigenvalue weighted by atomic mass is 10.2. The van der Waals surface area contributed by atoms with Crippen molar-refractivity contribution in [2.75, 3.05) is 23.7 Å². The van der Waals surface area contributed by atoms with Crippen molar-refractivity contribution in [1.29, 1.82) is 0 Å².